The number of nitrogens with one attached hydrogen (secondary N) is 2. The highest BCUT2D eigenvalue weighted by atomic mass is 32.2. The van der Waals surface area contributed by atoms with Crippen molar-refractivity contribution in [2.75, 3.05) is 0 Å². The molecule has 2 aromatic rings. The molecule has 0 amide bonds. The van der Waals surface area contributed by atoms with Crippen LogP contribution in [0.5, 0.6) is 0 Å². The van der Waals surface area contributed by atoms with Gasteiger partial charge in [-0.3, -0.25) is 5.10 Å². The van der Waals surface area contributed by atoms with Crippen LogP contribution in [-0.2, 0) is 23.0 Å². The molecule has 0 spiro atoms. The van der Waals surface area contributed by atoms with Crippen molar-refractivity contribution in [2.45, 2.75) is 37.9 Å². The van der Waals surface area contributed by atoms with Crippen LogP contribution in [0.1, 0.15) is 23.1 Å². The van der Waals surface area contributed by atoms with E-state index in [-0.39, 0.29) is 17.6 Å². The Balaban J connectivity index is 2.14. The van der Waals surface area contributed by atoms with Gasteiger partial charge >= 0.3 is 0 Å². The first-order chi connectivity index (χ1) is 9.44. The quantitative estimate of drug-likeness (QED) is 0.744. The highest BCUT2D eigenvalue weighted by molar-refractivity contribution is 7.89. The Morgan fingerprint density at radius 2 is 2.30 bits per heavy atom. The molecule has 0 bridgehead atoms. The number of nitrogens with two attached hydrogens (primary N) is 1. The number of nitrogens with zero attached hydrogens (tertiary/aromatic N) is 1. The minimum absolute atomic E-state index is 0.00414. The van der Waals surface area contributed by atoms with E-state index in [1.54, 1.807) is 18.3 Å². The van der Waals surface area contributed by atoms with Crippen LogP contribution in [0.3, 0.4) is 0 Å². The number of aromatic nitrogens is 2. The topological polar surface area (TPSA) is 101 Å². The molecule has 0 radical (unpaired) electrons. The number of rotatable bonds is 6. The maximum atomic E-state index is 12.3. The molecule has 0 aliphatic carbocycles. The molecule has 2 heterocycles. The van der Waals surface area contributed by atoms with Crippen LogP contribution < -0.4 is 10.5 Å². The molecule has 2 aromatic heterocycles. The van der Waals surface area contributed by atoms with Crippen LogP contribution in [0, 0.1) is 6.92 Å². The number of hydrogen-bond donors (Lipinski definition) is 3. The first-order valence-corrected chi connectivity index (χ1v) is 8.59. The summed E-state index contributed by atoms with van der Waals surface area (Å²) < 4.78 is 27.3. The van der Waals surface area contributed by atoms with Crippen molar-refractivity contribution >= 4 is 21.4 Å². The van der Waals surface area contributed by atoms with Crippen LogP contribution in [0.15, 0.2) is 22.5 Å². The summed E-state index contributed by atoms with van der Waals surface area (Å²) in [6.07, 6.45) is 0.651. The predicted octanol–water partition coefficient (Wildman–Crippen LogP) is 1.15. The van der Waals surface area contributed by atoms with Crippen molar-refractivity contribution in [3.63, 3.8) is 0 Å². The van der Waals surface area contributed by atoms with Crippen LogP contribution in [-0.4, -0.2) is 24.7 Å². The Hall–Kier alpha value is -1.22. The van der Waals surface area contributed by atoms with Crippen molar-refractivity contribution in [1.29, 1.82) is 0 Å². The molecule has 1 atom stereocenters. The monoisotopic (exact) mass is 314 g/mol. The molecule has 2 rings (SSSR count). The number of sulfonamides is 1. The Kier molecular flexibility index (Phi) is 4.59. The van der Waals surface area contributed by atoms with Gasteiger partial charge in [-0.2, -0.15) is 5.10 Å². The normalized spacial score (nSPS) is 13.6. The van der Waals surface area contributed by atoms with E-state index in [9.17, 15) is 8.42 Å². The Bertz CT molecular complexity index is 662. The molecule has 0 aromatic carbocycles. The lowest BCUT2D eigenvalue weighted by Crippen LogP contribution is -2.34. The summed E-state index contributed by atoms with van der Waals surface area (Å²) in [5.41, 5.74) is 6.79. The molecule has 110 valence electrons. The van der Waals surface area contributed by atoms with Gasteiger partial charge in [-0.1, -0.05) is 6.07 Å². The maximum Gasteiger partial charge on any atom is 0.260 e. The summed E-state index contributed by atoms with van der Waals surface area (Å²) in [4.78, 5) is 1.14. The third-order valence-corrected chi connectivity index (χ3v) is 5.40. The van der Waals surface area contributed by atoms with Crippen LogP contribution >= 0.6 is 11.3 Å². The van der Waals surface area contributed by atoms with E-state index in [4.69, 9.17) is 5.73 Å². The third kappa shape index (κ3) is 3.26. The van der Waals surface area contributed by atoms with Gasteiger partial charge in [0.25, 0.3) is 10.0 Å². The summed E-state index contributed by atoms with van der Waals surface area (Å²) in [6, 6.07) is 3.73. The van der Waals surface area contributed by atoms with Gasteiger partial charge < -0.3 is 5.73 Å². The number of aryl methyl sites for hydroxylation is 1. The van der Waals surface area contributed by atoms with E-state index < -0.39 is 10.0 Å². The highest BCUT2D eigenvalue weighted by Crippen LogP contribution is 2.17. The number of hydrogen-bond acceptors (Lipinski definition) is 5. The number of H-pyrrole nitrogens is 1. The average Bonchev–Trinajstić information content (AvgIpc) is 2.97. The lowest BCUT2D eigenvalue weighted by molar-refractivity contribution is 0.555. The van der Waals surface area contributed by atoms with Gasteiger partial charge in [0.1, 0.15) is 0 Å². The summed E-state index contributed by atoms with van der Waals surface area (Å²) in [7, 11) is -3.65. The van der Waals surface area contributed by atoms with E-state index in [1.165, 1.54) is 0 Å². The fourth-order valence-electron chi connectivity index (χ4n) is 1.99. The summed E-state index contributed by atoms with van der Waals surface area (Å²) in [6.45, 7) is 3.72. The van der Waals surface area contributed by atoms with Gasteiger partial charge in [-0.05, 0) is 31.7 Å². The Morgan fingerprint density at radius 1 is 1.55 bits per heavy atom. The highest BCUT2D eigenvalue weighted by Gasteiger charge is 2.24. The van der Waals surface area contributed by atoms with Crippen LogP contribution in [0.25, 0.3) is 0 Å². The Labute approximate surface area is 122 Å². The second-order valence-electron chi connectivity index (χ2n) is 4.64. The molecule has 0 fully saturated rings. The second kappa shape index (κ2) is 6.04. The van der Waals surface area contributed by atoms with Crippen molar-refractivity contribution in [3.05, 3.63) is 33.6 Å². The number of thiophene rings is 1. The largest absolute Gasteiger partial charge is 0.326 e. The standard InChI is InChI=1S/C12H18N4O2S2/c1-8(6-10-4-3-5-19-10)16-20(17,18)12-11(7-13)9(2)14-15-12/h3-5,8,16H,6-7,13H2,1-2H3,(H,14,15). The first kappa shape index (κ1) is 15.2. The van der Waals surface area contributed by atoms with Gasteiger partial charge in [-0.15, -0.1) is 11.3 Å². The second-order valence-corrected chi connectivity index (χ2v) is 7.30. The van der Waals surface area contributed by atoms with Crippen LogP contribution in [0.4, 0.5) is 0 Å². The van der Waals surface area contributed by atoms with E-state index in [0.717, 1.165) is 4.88 Å². The molecule has 1 unspecified atom stereocenters. The summed E-state index contributed by atoms with van der Waals surface area (Å²) >= 11 is 1.61. The molecular formula is C12H18N4O2S2. The molecule has 20 heavy (non-hydrogen) atoms. The van der Waals surface area contributed by atoms with Crippen molar-refractivity contribution < 1.29 is 8.42 Å². The van der Waals surface area contributed by atoms with Crippen molar-refractivity contribution in [3.8, 4) is 0 Å². The molecule has 4 N–H and O–H groups in total. The summed E-state index contributed by atoms with van der Waals surface area (Å²) in [5.74, 6) is 0. The number of aromatic amines is 1. The van der Waals surface area contributed by atoms with Crippen LogP contribution in [0.2, 0.25) is 0 Å². The van der Waals surface area contributed by atoms with Gasteiger partial charge in [-0.25, -0.2) is 13.1 Å². The van der Waals surface area contributed by atoms with E-state index in [1.807, 2.05) is 24.4 Å². The van der Waals surface area contributed by atoms with Gasteiger partial charge in [0.15, 0.2) is 5.03 Å². The average molecular weight is 314 g/mol. The van der Waals surface area contributed by atoms with E-state index in [0.29, 0.717) is 17.7 Å². The summed E-state index contributed by atoms with van der Waals surface area (Å²) in [5, 5.41) is 8.49. The van der Waals surface area contributed by atoms with Gasteiger partial charge in [0.2, 0.25) is 0 Å². The zero-order chi connectivity index (χ0) is 14.8. The predicted molar refractivity (Wildman–Crippen MR) is 79.0 cm³/mol. The molecule has 0 saturated carbocycles. The lowest BCUT2D eigenvalue weighted by Gasteiger charge is -2.12. The van der Waals surface area contributed by atoms with E-state index in [2.05, 4.69) is 14.9 Å². The molecule has 0 saturated heterocycles. The smallest absolute Gasteiger partial charge is 0.260 e. The molecule has 8 heteroatoms. The van der Waals surface area contributed by atoms with Gasteiger partial charge in [0.05, 0.1) is 0 Å². The lowest BCUT2D eigenvalue weighted by atomic mass is 10.2. The van der Waals surface area contributed by atoms with E-state index >= 15 is 0 Å². The van der Waals surface area contributed by atoms with Crippen molar-refractivity contribution in [1.82, 2.24) is 14.9 Å². The Morgan fingerprint density at radius 3 is 2.90 bits per heavy atom. The minimum Gasteiger partial charge on any atom is -0.326 e. The molecule has 0 aliphatic heterocycles. The fraction of sp³-hybridized carbons (Fsp3) is 0.417. The van der Waals surface area contributed by atoms with Gasteiger partial charge in [0, 0.05) is 28.7 Å². The maximum absolute atomic E-state index is 12.3. The third-order valence-electron chi connectivity index (χ3n) is 2.94. The molecular weight excluding hydrogens is 296 g/mol. The zero-order valence-electron chi connectivity index (χ0n) is 11.4. The molecule has 6 nitrogen and oxygen atoms in total. The SMILES string of the molecule is Cc1[nH]nc(S(=O)(=O)NC(C)Cc2cccs2)c1CN. The first-order valence-electron chi connectivity index (χ1n) is 6.22. The van der Waals surface area contributed by atoms with Crippen molar-refractivity contribution in [2.24, 2.45) is 5.73 Å². The zero-order valence-corrected chi connectivity index (χ0v) is 13.0. The molecule has 0 aliphatic rings. The minimum atomic E-state index is -3.65. The fourth-order valence-corrected chi connectivity index (χ4v) is 4.27.